The average molecular weight is 262 g/mol. The predicted molar refractivity (Wildman–Crippen MR) is 73.0 cm³/mol. The first-order valence-corrected chi connectivity index (χ1v) is 7.24. The lowest BCUT2D eigenvalue weighted by molar-refractivity contribution is 0.157. The molecular weight excluding hydrogens is 244 g/mol. The molecule has 0 saturated heterocycles. The molecule has 0 radical (unpaired) electrons. The lowest BCUT2D eigenvalue weighted by atomic mass is 9.93. The summed E-state index contributed by atoms with van der Waals surface area (Å²) in [5.41, 5.74) is 3.55. The highest BCUT2D eigenvalue weighted by atomic mass is 32.1. The van der Waals surface area contributed by atoms with Crippen LogP contribution in [0.25, 0.3) is 0 Å². The first-order chi connectivity index (χ1) is 8.63. The molecule has 2 aromatic rings. The first-order valence-electron chi connectivity index (χ1n) is 6.43. The third-order valence-corrected chi connectivity index (χ3v) is 4.73. The van der Waals surface area contributed by atoms with Crippen LogP contribution in [0.2, 0.25) is 0 Å². The second-order valence-electron chi connectivity index (χ2n) is 5.07. The highest BCUT2D eigenvalue weighted by Crippen LogP contribution is 2.30. The first kappa shape index (κ1) is 11.9. The van der Waals surface area contributed by atoms with Crippen LogP contribution in [0, 0.1) is 13.8 Å². The van der Waals surface area contributed by atoms with Crippen molar-refractivity contribution < 1.29 is 5.11 Å². The Kier molecular flexibility index (Phi) is 2.99. The summed E-state index contributed by atoms with van der Waals surface area (Å²) in [5, 5.41) is 11.1. The van der Waals surface area contributed by atoms with Crippen LogP contribution in [0.1, 0.15) is 45.7 Å². The van der Waals surface area contributed by atoms with Crippen molar-refractivity contribution in [2.24, 2.45) is 0 Å². The molecule has 3 nitrogen and oxygen atoms in total. The van der Waals surface area contributed by atoms with E-state index in [2.05, 4.69) is 35.8 Å². The monoisotopic (exact) mass is 262 g/mol. The molecule has 2 aromatic heterocycles. The van der Waals surface area contributed by atoms with E-state index in [0.29, 0.717) is 0 Å². The molecule has 0 fully saturated rings. The highest BCUT2D eigenvalue weighted by molar-refractivity contribution is 7.11. The number of aromatic nitrogens is 2. The van der Waals surface area contributed by atoms with Gasteiger partial charge in [0.05, 0.1) is 18.3 Å². The van der Waals surface area contributed by atoms with E-state index in [1.165, 1.54) is 10.4 Å². The predicted octanol–water partition coefficient (Wildman–Crippen LogP) is 2.98. The van der Waals surface area contributed by atoms with Crippen molar-refractivity contribution in [3.05, 3.63) is 39.1 Å². The summed E-state index contributed by atoms with van der Waals surface area (Å²) in [4.78, 5) is 5.86. The summed E-state index contributed by atoms with van der Waals surface area (Å²) < 4.78 is 2.16. The quantitative estimate of drug-likeness (QED) is 0.903. The van der Waals surface area contributed by atoms with Gasteiger partial charge in [0.2, 0.25) is 0 Å². The van der Waals surface area contributed by atoms with Gasteiger partial charge in [0, 0.05) is 22.8 Å². The van der Waals surface area contributed by atoms with Crippen LogP contribution in [-0.4, -0.2) is 14.7 Å². The van der Waals surface area contributed by atoms with E-state index >= 15 is 0 Å². The minimum absolute atomic E-state index is 0.269. The van der Waals surface area contributed by atoms with Gasteiger partial charge in [-0.3, -0.25) is 0 Å². The second-order valence-corrected chi connectivity index (χ2v) is 6.36. The number of aliphatic hydroxyl groups is 1. The van der Waals surface area contributed by atoms with Crippen LogP contribution >= 0.6 is 11.3 Å². The van der Waals surface area contributed by atoms with Crippen LogP contribution in [0.15, 0.2) is 12.4 Å². The van der Waals surface area contributed by atoms with Crippen LogP contribution in [0.4, 0.5) is 0 Å². The minimum Gasteiger partial charge on any atom is -0.388 e. The van der Waals surface area contributed by atoms with Gasteiger partial charge in [-0.05, 0) is 38.7 Å². The fourth-order valence-electron chi connectivity index (χ4n) is 2.58. The Labute approximate surface area is 111 Å². The van der Waals surface area contributed by atoms with E-state index in [9.17, 15) is 5.11 Å². The number of aliphatic hydroxyl groups excluding tert-OH is 1. The molecule has 4 heteroatoms. The fourth-order valence-corrected chi connectivity index (χ4v) is 3.52. The molecule has 96 valence electrons. The number of thiazole rings is 1. The fraction of sp³-hybridized carbons (Fsp3) is 0.500. The van der Waals surface area contributed by atoms with Crippen molar-refractivity contribution in [3.8, 4) is 0 Å². The number of hydrogen-bond acceptors (Lipinski definition) is 3. The average Bonchev–Trinajstić information content (AvgIpc) is 2.85. The Hall–Kier alpha value is -1.13. The third-order valence-electron chi connectivity index (χ3n) is 3.67. The van der Waals surface area contributed by atoms with Crippen LogP contribution < -0.4 is 0 Å². The van der Waals surface area contributed by atoms with Crippen molar-refractivity contribution in [2.75, 3.05) is 0 Å². The van der Waals surface area contributed by atoms with E-state index in [1.807, 2.05) is 0 Å². The largest absolute Gasteiger partial charge is 0.388 e. The van der Waals surface area contributed by atoms with Gasteiger partial charge >= 0.3 is 0 Å². The van der Waals surface area contributed by atoms with Gasteiger partial charge in [0.1, 0.15) is 5.01 Å². The maximum Gasteiger partial charge on any atom is 0.113 e. The molecule has 1 aliphatic carbocycles. The molecule has 1 unspecified atom stereocenters. The summed E-state index contributed by atoms with van der Waals surface area (Å²) in [7, 11) is 0. The smallest absolute Gasteiger partial charge is 0.113 e. The molecule has 2 heterocycles. The lowest BCUT2D eigenvalue weighted by Crippen LogP contribution is -2.05. The van der Waals surface area contributed by atoms with Gasteiger partial charge in [0.15, 0.2) is 0 Å². The molecule has 1 N–H and O–H groups in total. The molecular formula is C14H18N2OS. The van der Waals surface area contributed by atoms with Crippen molar-refractivity contribution >= 4 is 11.3 Å². The zero-order valence-electron chi connectivity index (χ0n) is 10.8. The van der Waals surface area contributed by atoms with Crippen LogP contribution in [-0.2, 0) is 13.0 Å². The van der Waals surface area contributed by atoms with Crippen LogP contribution in [0.3, 0.4) is 0 Å². The molecule has 0 aliphatic heterocycles. The summed E-state index contributed by atoms with van der Waals surface area (Å²) in [6.45, 7) is 4.99. The van der Waals surface area contributed by atoms with Crippen molar-refractivity contribution in [2.45, 2.75) is 45.8 Å². The number of fused-ring (bicyclic) bond motifs is 1. The number of aryl methyl sites for hydroxylation is 3. The van der Waals surface area contributed by atoms with Crippen LogP contribution in [0.5, 0.6) is 0 Å². The molecule has 0 aromatic carbocycles. The molecule has 3 rings (SSSR count). The summed E-state index contributed by atoms with van der Waals surface area (Å²) in [5.74, 6) is 0. The normalized spacial score (nSPS) is 18.9. The number of hydrogen-bond donors (Lipinski definition) is 1. The van der Waals surface area contributed by atoms with Gasteiger partial charge < -0.3 is 9.67 Å². The van der Waals surface area contributed by atoms with Gasteiger partial charge in [-0.15, -0.1) is 11.3 Å². The summed E-state index contributed by atoms with van der Waals surface area (Å²) >= 11 is 1.76. The van der Waals surface area contributed by atoms with Crippen molar-refractivity contribution in [1.82, 2.24) is 9.55 Å². The van der Waals surface area contributed by atoms with Gasteiger partial charge in [-0.2, -0.15) is 0 Å². The Balaban J connectivity index is 1.85. The standard InChI is InChI=1S/C14H18N2OS/c1-9-10(2)18-14(15-9)8-16-6-11-4-3-5-13(17)12(11)7-16/h6-7,13,17H,3-5,8H2,1-2H3. The summed E-state index contributed by atoms with van der Waals surface area (Å²) in [6.07, 6.45) is 7.07. The lowest BCUT2D eigenvalue weighted by Gasteiger charge is -2.16. The van der Waals surface area contributed by atoms with Crippen molar-refractivity contribution in [1.29, 1.82) is 0 Å². The van der Waals surface area contributed by atoms with E-state index in [4.69, 9.17) is 0 Å². The third kappa shape index (κ3) is 2.10. The number of rotatable bonds is 2. The maximum atomic E-state index is 9.96. The van der Waals surface area contributed by atoms with Gasteiger partial charge in [0.25, 0.3) is 0 Å². The van der Waals surface area contributed by atoms with Crippen molar-refractivity contribution in [3.63, 3.8) is 0 Å². The molecule has 0 saturated carbocycles. The van der Waals surface area contributed by atoms with Gasteiger partial charge in [-0.25, -0.2) is 4.98 Å². The van der Waals surface area contributed by atoms with E-state index < -0.39 is 0 Å². The zero-order chi connectivity index (χ0) is 12.7. The molecule has 0 spiro atoms. The van der Waals surface area contributed by atoms with E-state index in [1.54, 1.807) is 11.3 Å². The Bertz CT molecular complexity index is 551. The van der Waals surface area contributed by atoms with E-state index in [-0.39, 0.29) is 6.10 Å². The second kappa shape index (κ2) is 4.52. The Morgan fingerprint density at radius 2 is 2.28 bits per heavy atom. The molecule has 1 aliphatic rings. The molecule has 0 bridgehead atoms. The zero-order valence-corrected chi connectivity index (χ0v) is 11.6. The molecule has 1 atom stereocenters. The molecule has 18 heavy (non-hydrogen) atoms. The Morgan fingerprint density at radius 3 is 2.94 bits per heavy atom. The Morgan fingerprint density at radius 1 is 1.44 bits per heavy atom. The number of nitrogens with zero attached hydrogens (tertiary/aromatic N) is 2. The molecule has 0 amide bonds. The van der Waals surface area contributed by atoms with Gasteiger partial charge in [-0.1, -0.05) is 0 Å². The maximum absolute atomic E-state index is 9.96. The summed E-state index contributed by atoms with van der Waals surface area (Å²) in [6, 6.07) is 0. The SMILES string of the molecule is Cc1nc(Cn2cc3c(c2)C(O)CCC3)sc1C. The highest BCUT2D eigenvalue weighted by Gasteiger charge is 2.20. The topological polar surface area (TPSA) is 38.0 Å². The minimum atomic E-state index is -0.269. The van der Waals surface area contributed by atoms with E-state index in [0.717, 1.165) is 42.1 Å².